The maximum absolute atomic E-state index is 10.5. The SMILES string of the molecule is CCC(O)(CC)CN1CCCC(CNCC(C)C)C1. The van der Waals surface area contributed by atoms with Crippen molar-refractivity contribution in [3.05, 3.63) is 0 Å². The fraction of sp³-hybridized carbons (Fsp3) is 1.00. The zero-order valence-electron chi connectivity index (χ0n) is 13.4. The molecule has 0 radical (unpaired) electrons. The van der Waals surface area contributed by atoms with E-state index in [-0.39, 0.29) is 0 Å². The molecule has 1 unspecified atom stereocenters. The third-order valence-electron chi connectivity index (χ3n) is 4.42. The van der Waals surface area contributed by atoms with Crippen LogP contribution < -0.4 is 5.32 Å². The monoisotopic (exact) mass is 270 g/mol. The second-order valence-electron chi connectivity index (χ2n) is 6.73. The third kappa shape index (κ3) is 6.24. The van der Waals surface area contributed by atoms with E-state index < -0.39 is 5.60 Å². The minimum atomic E-state index is -0.479. The zero-order valence-corrected chi connectivity index (χ0v) is 13.4. The van der Waals surface area contributed by atoms with Gasteiger partial charge in [-0.05, 0) is 57.2 Å². The summed E-state index contributed by atoms with van der Waals surface area (Å²) in [6.45, 7) is 14.1. The summed E-state index contributed by atoms with van der Waals surface area (Å²) in [7, 11) is 0. The lowest BCUT2D eigenvalue weighted by Gasteiger charge is -2.38. The van der Waals surface area contributed by atoms with Gasteiger partial charge in [0.05, 0.1) is 5.60 Å². The Kier molecular flexibility index (Phi) is 7.33. The molecule has 0 aromatic carbocycles. The van der Waals surface area contributed by atoms with Gasteiger partial charge >= 0.3 is 0 Å². The van der Waals surface area contributed by atoms with E-state index in [1.807, 2.05) is 0 Å². The Labute approximate surface area is 119 Å². The van der Waals surface area contributed by atoms with E-state index >= 15 is 0 Å². The van der Waals surface area contributed by atoms with Gasteiger partial charge in [-0.25, -0.2) is 0 Å². The van der Waals surface area contributed by atoms with Crippen LogP contribution in [0.4, 0.5) is 0 Å². The van der Waals surface area contributed by atoms with Crippen molar-refractivity contribution >= 4 is 0 Å². The molecular weight excluding hydrogens is 236 g/mol. The minimum Gasteiger partial charge on any atom is -0.389 e. The fourth-order valence-electron chi connectivity index (χ4n) is 2.93. The lowest BCUT2D eigenvalue weighted by Crippen LogP contribution is -2.47. The summed E-state index contributed by atoms with van der Waals surface area (Å²) in [6, 6.07) is 0. The smallest absolute Gasteiger partial charge is 0.0768 e. The summed E-state index contributed by atoms with van der Waals surface area (Å²) < 4.78 is 0. The first-order chi connectivity index (χ1) is 8.99. The Balaban J connectivity index is 2.33. The van der Waals surface area contributed by atoms with Crippen molar-refractivity contribution in [3.63, 3.8) is 0 Å². The summed E-state index contributed by atoms with van der Waals surface area (Å²) in [5.74, 6) is 1.48. The number of nitrogens with zero attached hydrogens (tertiary/aromatic N) is 1. The molecule has 0 aromatic heterocycles. The van der Waals surface area contributed by atoms with Gasteiger partial charge in [0.2, 0.25) is 0 Å². The summed E-state index contributed by atoms with van der Waals surface area (Å²) in [5.41, 5.74) is -0.479. The van der Waals surface area contributed by atoms with Gasteiger partial charge in [-0.15, -0.1) is 0 Å². The molecule has 1 rings (SSSR count). The summed E-state index contributed by atoms with van der Waals surface area (Å²) >= 11 is 0. The standard InChI is InChI=1S/C16H34N2O/c1-5-16(19,6-2)13-18-9-7-8-15(12-18)11-17-10-14(3)4/h14-15,17,19H,5-13H2,1-4H3. The summed E-state index contributed by atoms with van der Waals surface area (Å²) in [6.07, 6.45) is 4.32. The molecule has 19 heavy (non-hydrogen) atoms. The molecule has 0 aromatic rings. The van der Waals surface area contributed by atoms with Gasteiger partial charge in [-0.1, -0.05) is 27.7 Å². The Morgan fingerprint density at radius 3 is 2.58 bits per heavy atom. The van der Waals surface area contributed by atoms with Crippen LogP contribution in [0.15, 0.2) is 0 Å². The molecule has 1 atom stereocenters. The molecule has 2 N–H and O–H groups in total. The Morgan fingerprint density at radius 2 is 2.00 bits per heavy atom. The van der Waals surface area contributed by atoms with Crippen LogP contribution in [0.25, 0.3) is 0 Å². The number of likely N-dealkylation sites (tertiary alicyclic amines) is 1. The highest BCUT2D eigenvalue weighted by Crippen LogP contribution is 2.21. The first kappa shape index (κ1) is 16.9. The lowest BCUT2D eigenvalue weighted by atomic mass is 9.93. The van der Waals surface area contributed by atoms with Crippen LogP contribution in [0.5, 0.6) is 0 Å². The molecule has 114 valence electrons. The van der Waals surface area contributed by atoms with Gasteiger partial charge in [-0.3, -0.25) is 0 Å². The zero-order chi connectivity index (χ0) is 14.3. The van der Waals surface area contributed by atoms with Crippen LogP contribution in [0.2, 0.25) is 0 Å². The number of β-amino-alcohol motifs (C(OH)–C–C–N with tert-alkyl or cyclic N) is 1. The van der Waals surface area contributed by atoms with Crippen LogP contribution in [0.3, 0.4) is 0 Å². The van der Waals surface area contributed by atoms with Crippen molar-refractivity contribution in [2.24, 2.45) is 11.8 Å². The number of rotatable bonds is 8. The van der Waals surface area contributed by atoms with Crippen LogP contribution in [-0.2, 0) is 0 Å². The maximum Gasteiger partial charge on any atom is 0.0768 e. The maximum atomic E-state index is 10.5. The molecule has 1 saturated heterocycles. The molecule has 1 aliphatic rings. The molecule has 0 bridgehead atoms. The van der Waals surface area contributed by atoms with Crippen molar-refractivity contribution in [2.75, 3.05) is 32.7 Å². The normalized spacial score (nSPS) is 22.1. The molecule has 3 heteroatoms. The number of hydrogen-bond donors (Lipinski definition) is 2. The van der Waals surface area contributed by atoms with E-state index in [4.69, 9.17) is 0 Å². The molecular formula is C16H34N2O. The molecule has 0 saturated carbocycles. The average molecular weight is 270 g/mol. The van der Waals surface area contributed by atoms with Gasteiger partial charge < -0.3 is 15.3 Å². The second kappa shape index (κ2) is 8.23. The van der Waals surface area contributed by atoms with E-state index in [1.165, 1.54) is 12.8 Å². The van der Waals surface area contributed by atoms with Crippen molar-refractivity contribution in [1.29, 1.82) is 0 Å². The predicted molar refractivity (Wildman–Crippen MR) is 82.4 cm³/mol. The molecule has 1 fully saturated rings. The highest BCUT2D eigenvalue weighted by Gasteiger charge is 2.28. The first-order valence-electron chi connectivity index (χ1n) is 8.14. The van der Waals surface area contributed by atoms with Gasteiger partial charge in [0.25, 0.3) is 0 Å². The molecule has 0 aliphatic carbocycles. The van der Waals surface area contributed by atoms with Gasteiger partial charge in [0.15, 0.2) is 0 Å². The number of aliphatic hydroxyl groups is 1. The molecule has 3 nitrogen and oxygen atoms in total. The molecule has 1 heterocycles. The lowest BCUT2D eigenvalue weighted by molar-refractivity contribution is -0.0136. The molecule has 0 spiro atoms. The topological polar surface area (TPSA) is 35.5 Å². The van der Waals surface area contributed by atoms with E-state index in [1.54, 1.807) is 0 Å². The third-order valence-corrected chi connectivity index (χ3v) is 4.42. The predicted octanol–water partition coefficient (Wildman–Crippen LogP) is 2.50. The van der Waals surface area contributed by atoms with Crippen molar-refractivity contribution in [2.45, 2.75) is 59.0 Å². The van der Waals surface area contributed by atoms with Crippen LogP contribution >= 0.6 is 0 Å². The fourth-order valence-corrected chi connectivity index (χ4v) is 2.93. The van der Waals surface area contributed by atoms with Crippen LogP contribution in [0, 0.1) is 11.8 Å². The average Bonchev–Trinajstić information content (AvgIpc) is 2.38. The Hall–Kier alpha value is -0.120. The van der Waals surface area contributed by atoms with Crippen LogP contribution in [-0.4, -0.2) is 48.3 Å². The van der Waals surface area contributed by atoms with E-state index in [0.717, 1.165) is 57.4 Å². The van der Waals surface area contributed by atoms with Crippen molar-refractivity contribution in [3.8, 4) is 0 Å². The molecule has 0 amide bonds. The van der Waals surface area contributed by atoms with Crippen LogP contribution in [0.1, 0.15) is 53.4 Å². The highest BCUT2D eigenvalue weighted by atomic mass is 16.3. The summed E-state index contributed by atoms with van der Waals surface area (Å²) in [4.78, 5) is 2.47. The van der Waals surface area contributed by atoms with Crippen molar-refractivity contribution in [1.82, 2.24) is 10.2 Å². The van der Waals surface area contributed by atoms with E-state index in [9.17, 15) is 5.11 Å². The largest absolute Gasteiger partial charge is 0.389 e. The number of hydrogen-bond acceptors (Lipinski definition) is 3. The summed E-state index contributed by atoms with van der Waals surface area (Å²) in [5, 5.41) is 14.0. The Bertz CT molecular complexity index is 239. The second-order valence-corrected chi connectivity index (χ2v) is 6.73. The van der Waals surface area contributed by atoms with Gasteiger partial charge in [-0.2, -0.15) is 0 Å². The highest BCUT2D eigenvalue weighted by molar-refractivity contribution is 4.83. The number of nitrogens with one attached hydrogen (secondary N) is 1. The minimum absolute atomic E-state index is 0.479. The van der Waals surface area contributed by atoms with E-state index in [2.05, 4.69) is 37.9 Å². The van der Waals surface area contributed by atoms with E-state index in [0.29, 0.717) is 0 Å². The number of piperidine rings is 1. The quantitative estimate of drug-likeness (QED) is 0.711. The van der Waals surface area contributed by atoms with Gasteiger partial charge in [0.1, 0.15) is 0 Å². The Morgan fingerprint density at radius 1 is 1.32 bits per heavy atom. The first-order valence-corrected chi connectivity index (χ1v) is 8.14. The van der Waals surface area contributed by atoms with Crippen molar-refractivity contribution < 1.29 is 5.11 Å². The van der Waals surface area contributed by atoms with Gasteiger partial charge in [0, 0.05) is 13.1 Å². The molecule has 1 aliphatic heterocycles.